The fourth-order valence-electron chi connectivity index (χ4n) is 1.41. The normalized spacial score (nSPS) is 13.3. The van der Waals surface area contributed by atoms with E-state index in [1.165, 1.54) is 17.3 Å². The number of hydrogen-bond acceptors (Lipinski definition) is 3. The van der Waals surface area contributed by atoms with Crippen molar-refractivity contribution in [3.05, 3.63) is 29.8 Å². The van der Waals surface area contributed by atoms with E-state index >= 15 is 0 Å². The third kappa shape index (κ3) is 2.39. The zero-order valence-electron chi connectivity index (χ0n) is 8.49. The Morgan fingerprint density at radius 1 is 1.53 bits per heavy atom. The van der Waals surface area contributed by atoms with Crippen molar-refractivity contribution in [1.29, 1.82) is 0 Å². The summed E-state index contributed by atoms with van der Waals surface area (Å²) < 4.78 is 0. The van der Waals surface area contributed by atoms with E-state index in [-0.39, 0.29) is 5.91 Å². The van der Waals surface area contributed by atoms with Crippen LogP contribution in [0.1, 0.15) is 5.56 Å². The van der Waals surface area contributed by atoms with Gasteiger partial charge >= 0.3 is 0 Å². The molecule has 0 saturated carbocycles. The summed E-state index contributed by atoms with van der Waals surface area (Å²) >= 11 is 1.51. The van der Waals surface area contributed by atoms with Gasteiger partial charge in [0.25, 0.3) is 0 Å². The van der Waals surface area contributed by atoms with Crippen molar-refractivity contribution in [2.45, 2.75) is 6.42 Å². The molecule has 1 N–H and O–H groups in total. The van der Waals surface area contributed by atoms with Crippen molar-refractivity contribution >= 4 is 28.4 Å². The second kappa shape index (κ2) is 4.49. The maximum atomic E-state index is 11.1. The lowest BCUT2D eigenvalue weighted by molar-refractivity contribution is -0.118. The summed E-state index contributed by atoms with van der Waals surface area (Å²) in [7, 11) is 1.65. The molecule has 0 atom stereocenters. The van der Waals surface area contributed by atoms with Crippen LogP contribution in [0.4, 0.5) is 5.69 Å². The minimum absolute atomic E-state index is 0.0404. The Labute approximate surface area is 93.0 Å². The summed E-state index contributed by atoms with van der Waals surface area (Å²) in [6, 6.07) is 8.07. The molecule has 0 radical (unpaired) electrons. The van der Waals surface area contributed by atoms with E-state index in [1.807, 2.05) is 18.2 Å². The van der Waals surface area contributed by atoms with Gasteiger partial charge in [-0.1, -0.05) is 18.2 Å². The molecule has 1 heterocycles. The van der Waals surface area contributed by atoms with Gasteiger partial charge in [0.1, 0.15) is 0 Å². The van der Waals surface area contributed by atoms with Crippen molar-refractivity contribution < 1.29 is 4.79 Å². The number of nitrogens with zero attached hydrogens (tertiary/aromatic N) is 1. The molecule has 78 valence electrons. The van der Waals surface area contributed by atoms with Crippen molar-refractivity contribution in [2.24, 2.45) is 4.99 Å². The largest absolute Gasteiger partial charge is 0.358 e. The molecule has 0 fully saturated rings. The minimum atomic E-state index is 0.0404. The fraction of sp³-hybridized carbons (Fsp3) is 0.273. The van der Waals surface area contributed by atoms with Gasteiger partial charge in [0.15, 0.2) is 0 Å². The van der Waals surface area contributed by atoms with E-state index in [1.54, 1.807) is 7.05 Å². The number of para-hydroxylation sites is 1. The lowest BCUT2D eigenvalue weighted by Crippen LogP contribution is -2.20. The highest BCUT2D eigenvalue weighted by Gasteiger charge is 2.14. The Hall–Kier alpha value is -1.29. The van der Waals surface area contributed by atoms with Crippen molar-refractivity contribution in [1.82, 2.24) is 5.32 Å². The van der Waals surface area contributed by atoms with Crippen LogP contribution in [0, 0.1) is 0 Å². The first kappa shape index (κ1) is 10.2. The van der Waals surface area contributed by atoms with Gasteiger partial charge in [-0.25, -0.2) is 4.99 Å². The Morgan fingerprint density at radius 3 is 3.07 bits per heavy atom. The van der Waals surface area contributed by atoms with Crippen LogP contribution in [-0.4, -0.2) is 23.8 Å². The molecular weight excluding hydrogens is 208 g/mol. The van der Waals surface area contributed by atoms with Gasteiger partial charge in [-0.05, 0) is 11.6 Å². The maximum absolute atomic E-state index is 11.1. The molecule has 15 heavy (non-hydrogen) atoms. The SMILES string of the molecule is CNC(=O)CSC1=Nc2ccccc2C1. The average Bonchev–Trinajstić information content (AvgIpc) is 2.68. The van der Waals surface area contributed by atoms with Crippen LogP contribution >= 0.6 is 11.8 Å². The number of aliphatic imine (C=N–C) groups is 1. The van der Waals surface area contributed by atoms with E-state index in [0.717, 1.165) is 17.2 Å². The Balaban J connectivity index is 1.97. The second-order valence-electron chi connectivity index (χ2n) is 3.27. The highest BCUT2D eigenvalue weighted by atomic mass is 32.2. The van der Waals surface area contributed by atoms with Gasteiger partial charge < -0.3 is 5.32 Å². The van der Waals surface area contributed by atoms with E-state index in [4.69, 9.17) is 0 Å². The summed E-state index contributed by atoms with van der Waals surface area (Å²) in [6.45, 7) is 0. The van der Waals surface area contributed by atoms with Gasteiger partial charge in [0, 0.05) is 13.5 Å². The first-order valence-corrected chi connectivity index (χ1v) is 5.77. The monoisotopic (exact) mass is 220 g/mol. The van der Waals surface area contributed by atoms with Crippen molar-refractivity contribution in [2.75, 3.05) is 12.8 Å². The molecule has 0 spiro atoms. The number of thioether (sulfide) groups is 1. The standard InChI is InChI=1S/C11H12N2OS/c1-12-10(14)7-15-11-6-8-4-2-3-5-9(8)13-11/h2-5H,6-7H2,1H3,(H,12,14). The van der Waals surface area contributed by atoms with E-state index in [2.05, 4.69) is 16.4 Å². The maximum Gasteiger partial charge on any atom is 0.230 e. The van der Waals surface area contributed by atoms with Crippen LogP contribution < -0.4 is 5.32 Å². The average molecular weight is 220 g/mol. The molecule has 2 rings (SSSR count). The van der Waals surface area contributed by atoms with Gasteiger partial charge in [0.05, 0.1) is 16.5 Å². The molecule has 4 heteroatoms. The van der Waals surface area contributed by atoms with Gasteiger partial charge in [-0.2, -0.15) is 0 Å². The van der Waals surface area contributed by atoms with E-state index < -0.39 is 0 Å². The topological polar surface area (TPSA) is 41.5 Å². The van der Waals surface area contributed by atoms with Crippen molar-refractivity contribution in [3.8, 4) is 0 Å². The van der Waals surface area contributed by atoms with Gasteiger partial charge in [0.2, 0.25) is 5.91 Å². The zero-order valence-corrected chi connectivity index (χ0v) is 9.30. The number of benzene rings is 1. The summed E-state index contributed by atoms with van der Waals surface area (Å²) in [5.74, 6) is 0.488. The van der Waals surface area contributed by atoms with Crippen LogP contribution in [-0.2, 0) is 11.2 Å². The summed E-state index contributed by atoms with van der Waals surface area (Å²) in [5.41, 5.74) is 2.29. The second-order valence-corrected chi connectivity index (χ2v) is 4.32. The summed E-state index contributed by atoms with van der Waals surface area (Å²) in [4.78, 5) is 15.5. The fourth-order valence-corrected chi connectivity index (χ4v) is 2.27. The van der Waals surface area contributed by atoms with Crippen molar-refractivity contribution in [3.63, 3.8) is 0 Å². The number of rotatable bonds is 2. The van der Waals surface area contributed by atoms with Crippen LogP contribution in [0.3, 0.4) is 0 Å². The Kier molecular flexibility index (Phi) is 3.06. The molecule has 3 nitrogen and oxygen atoms in total. The summed E-state index contributed by atoms with van der Waals surface area (Å²) in [6.07, 6.45) is 0.859. The third-order valence-electron chi connectivity index (χ3n) is 2.23. The number of hydrogen-bond donors (Lipinski definition) is 1. The number of amides is 1. The van der Waals surface area contributed by atoms with Crippen LogP contribution in [0.15, 0.2) is 29.3 Å². The van der Waals surface area contributed by atoms with Crippen LogP contribution in [0.2, 0.25) is 0 Å². The number of fused-ring (bicyclic) bond motifs is 1. The molecule has 1 aliphatic heterocycles. The van der Waals surface area contributed by atoms with E-state index in [9.17, 15) is 4.79 Å². The molecule has 0 bridgehead atoms. The quantitative estimate of drug-likeness (QED) is 0.825. The molecule has 1 aliphatic rings. The Bertz CT molecular complexity index is 415. The van der Waals surface area contributed by atoms with Gasteiger partial charge in [-0.15, -0.1) is 11.8 Å². The third-order valence-corrected chi connectivity index (χ3v) is 3.20. The molecule has 0 saturated heterocycles. The highest BCUT2D eigenvalue weighted by Crippen LogP contribution is 2.29. The predicted molar refractivity (Wildman–Crippen MR) is 63.8 cm³/mol. The molecular formula is C11H12N2OS. The smallest absolute Gasteiger partial charge is 0.230 e. The molecule has 1 amide bonds. The molecule has 1 aromatic rings. The Morgan fingerprint density at radius 2 is 2.33 bits per heavy atom. The number of nitrogens with one attached hydrogen (secondary N) is 1. The highest BCUT2D eigenvalue weighted by molar-refractivity contribution is 8.14. The first-order chi connectivity index (χ1) is 7.29. The lowest BCUT2D eigenvalue weighted by atomic mass is 10.2. The van der Waals surface area contributed by atoms with Crippen LogP contribution in [0.25, 0.3) is 0 Å². The van der Waals surface area contributed by atoms with Crippen LogP contribution in [0.5, 0.6) is 0 Å². The zero-order chi connectivity index (χ0) is 10.7. The summed E-state index contributed by atoms with van der Waals surface area (Å²) in [5, 5.41) is 3.62. The molecule has 1 aromatic carbocycles. The lowest BCUT2D eigenvalue weighted by Gasteiger charge is -1.98. The number of carbonyl (C=O) groups excluding carboxylic acids is 1. The first-order valence-electron chi connectivity index (χ1n) is 4.78. The molecule has 0 unspecified atom stereocenters. The number of carbonyl (C=O) groups is 1. The van der Waals surface area contributed by atoms with Gasteiger partial charge in [-0.3, -0.25) is 4.79 Å². The molecule has 0 aliphatic carbocycles. The molecule has 0 aromatic heterocycles. The predicted octanol–water partition coefficient (Wildman–Crippen LogP) is 1.75. The minimum Gasteiger partial charge on any atom is -0.358 e. The van der Waals surface area contributed by atoms with E-state index in [0.29, 0.717) is 5.75 Å².